The zero-order valence-corrected chi connectivity index (χ0v) is 16.1. The molecule has 0 spiro atoms. The Bertz CT molecular complexity index is 641. The van der Waals surface area contributed by atoms with Crippen LogP contribution in [0.25, 0.3) is 0 Å². The average molecular weight is 342 g/mol. The summed E-state index contributed by atoms with van der Waals surface area (Å²) in [5.41, 5.74) is 1.37. The van der Waals surface area contributed by atoms with Crippen molar-refractivity contribution in [1.29, 1.82) is 0 Å². The van der Waals surface area contributed by atoms with E-state index < -0.39 is 7.92 Å². The quantitative estimate of drug-likeness (QED) is 0.503. The fraction of sp³-hybridized carbons (Fsp3) is 0.0526. The fourth-order valence-electron chi connectivity index (χ4n) is 2.40. The van der Waals surface area contributed by atoms with Crippen LogP contribution in [0.3, 0.4) is 0 Å². The van der Waals surface area contributed by atoms with Gasteiger partial charge < -0.3 is 0 Å². The standard InChI is InChI=1S/C19H17P.Zn/c1-16-10-8-9-15-19(16)20(17-11-4-2-5-12-17)18-13-6-3-7-14-18;/h2-15H,1H3;. The summed E-state index contributed by atoms with van der Waals surface area (Å²) < 4.78 is 0. The second-order valence-corrected chi connectivity index (χ2v) is 6.98. The minimum Gasteiger partial charge on any atom is -0.0622 e. The maximum absolute atomic E-state index is 2.26. The Morgan fingerprint density at radius 1 is 0.571 bits per heavy atom. The van der Waals surface area contributed by atoms with Crippen LogP contribution in [0.15, 0.2) is 84.9 Å². The van der Waals surface area contributed by atoms with Gasteiger partial charge in [0, 0.05) is 19.5 Å². The predicted octanol–water partition coefficient (Wildman–Crippen LogP) is 3.75. The van der Waals surface area contributed by atoms with E-state index in [4.69, 9.17) is 0 Å². The molecule has 0 saturated carbocycles. The first-order valence-electron chi connectivity index (χ1n) is 6.82. The molecule has 3 rings (SSSR count). The number of hydrogen-bond acceptors (Lipinski definition) is 0. The van der Waals surface area contributed by atoms with Gasteiger partial charge in [-0.05, 0) is 36.3 Å². The molecule has 0 aliphatic heterocycles. The third-order valence-corrected chi connectivity index (χ3v) is 6.00. The Morgan fingerprint density at radius 3 is 1.48 bits per heavy atom. The van der Waals surface area contributed by atoms with Crippen LogP contribution in [-0.4, -0.2) is 0 Å². The molecule has 0 bridgehead atoms. The zero-order valence-electron chi connectivity index (χ0n) is 12.2. The van der Waals surface area contributed by atoms with E-state index in [1.807, 2.05) is 0 Å². The van der Waals surface area contributed by atoms with Crippen molar-refractivity contribution in [1.82, 2.24) is 0 Å². The van der Waals surface area contributed by atoms with Crippen molar-refractivity contribution in [3.63, 3.8) is 0 Å². The third-order valence-electron chi connectivity index (χ3n) is 3.39. The smallest absolute Gasteiger partial charge is 0 e. The molecule has 0 nitrogen and oxygen atoms in total. The van der Waals surface area contributed by atoms with Gasteiger partial charge in [0.1, 0.15) is 0 Å². The summed E-state index contributed by atoms with van der Waals surface area (Å²) in [5.74, 6) is 0. The zero-order chi connectivity index (χ0) is 13.8. The first-order valence-corrected chi connectivity index (χ1v) is 8.16. The van der Waals surface area contributed by atoms with Gasteiger partial charge in [-0.3, -0.25) is 0 Å². The van der Waals surface area contributed by atoms with Gasteiger partial charge in [-0.2, -0.15) is 0 Å². The number of benzene rings is 3. The van der Waals surface area contributed by atoms with Crippen molar-refractivity contribution >= 4 is 23.8 Å². The van der Waals surface area contributed by atoms with Crippen LogP contribution in [0.5, 0.6) is 0 Å². The maximum atomic E-state index is 2.26. The van der Waals surface area contributed by atoms with Crippen molar-refractivity contribution < 1.29 is 19.5 Å². The molecule has 0 amide bonds. The molecule has 0 aliphatic carbocycles. The molecule has 0 atom stereocenters. The summed E-state index contributed by atoms with van der Waals surface area (Å²) in [6.07, 6.45) is 0. The number of hydrogen-bond donors (Lipinski definition) is 0. The van der Waals surface area contributed by atoms with E-state index in [2.05, 4.69) is 91.9 Å². The molecule has 0 aromatic heterocycles. The van der Waals surface area contributed by atoms with Crippen LogP contribution >= 0.6 is 7.92 Å². The van der Waals surface area contributed by atoms with Gasteiger partial charge in [0.05, 0.1) is 0 Å². The minimum absolute atomic E-state index is 0. The van der Waals surface area contributed by atoms with E-state index in [0.717, 1.165) is 0 Å². The molecule has 100 valence electrons. The molecule has 21 heavy (non-hydrogen) atoms. The monoisotopic (exact) mass is 340 g/mol. The minimum atomic E-state index is -0.467. The van der Waals surface area contributed by atoms with Crippen molar-refractivity contribution in [2.45, 2.75) is 6.92 Å². The van der Waals surface area contributed by atoms with Gasteiger partial charge in [-0.15, -0.1) is 0 Å². The van der Waals surface area contributed by atoms with Crippen LogP contribution in [0.1, 0.15) is 5.56 Å². The molecule has 3 aromatic carbocycles. The molecule has 0 N–H and O–H groups in total. The van der Waals surface area contributed by atoms with Gasteiger partial charge in [0.15, 0.2) is 0 Å². The van der Waals surface area contributed by atoms with Crippen LogP contribution < -0.4 is 15.9 Å². The summed E-state index contributed by atoms with van der Waals surface area (Å²) in [6, 6.07) is 30.4. The van der Waals surface area contributed by atoms with E-state index in [9.17, 15) is 0 Å². The van der Waals surface area contributed by atoms with Gasteiger partial charge >= 0.3 is 0 Å². The Morgan fingerprint density at radius 2 is 1.00 bits per heavy atom. The van der Waals surface area contributed by atoms with Crippen molar-refractivity contribution in [3.05, 3.63) is 90.5 Å². The number of aryl methyl sites for hydroxylation is 1. The topological polar surface area (TPSA) is 0 Å². The van der Waals surface area contributed by atoms with Crippen LogP contribution in [0.4, 0.5) is 0 Å². The summed E-state index contributed by atoms with van der Waals surface area (Å²) >= 11 is 0. The normalized spacial score (nSPS) is 10.2. The molecule has 2 heteroatoms. The first kappa shape index (κ1) is 16.1. The second-order valence-electron chi connectivity index (χ2n) is 4.79. The molecular formula is C19H17PZn. The van der Waals surface area contributed by atoms with Gasteiger partial charge in [-0.25, -0.2) is 0 Å². The first-order chi connectivity index (χ1) is 9.86. The molecule has 0 aliphatic rings. The summed E-state index contributed by atoms with van der Waals surface area (Å²) in [7, 11) is -0.467. The SMILES string of the molecule is Cc1ccccc1P(c1ccccc1)c1ccccc1.[Zn]. The fourth-order valence-corrected chi connectivity index (χ4v) is 4.85. The Hall–Kier alpha value is -1.29. The average Bonchev–Trinajstić information content (AvgIpc) is 2.52. The second kappa shape index (κ2) is 7.64. The molecular weight excluding hydrogens is 325 g/mol. The van der Waals surface area contributed by atoms with E-state index in [-0.39, 0.29) is 19.5 Å². The van der Waals surface area contributed by atoms with Crippen LogP contribution in [0.2, 0.25) is 0 Å². The molecule has 0 fully saturated rings. The molecule has 0 radical (unpaired) electrons. The van der Waals surface area contributed by atoms with Gasteiger partial charge in [0.25, 0.3) is 0 Å². The molecule has 0 saturated heterocycles. The largest absolute Gasteiger partial charge is 0.0622 e. The Balaban J connectivity index is 0.00000161. The van der Waals surface area contributed by atoms with E-state index >= 15 is 0 Å². The van der Waals surface area contributed by atoms with Crippen molar-refractivity contribution in [3.8, 4) is 0 Å². The third kappa shape index (κ3) is 3.68. The van der Waals surface area contributed by atoms with E-state index in [1.165, 1.54) is 21.5 Å². The Labute approximate surface area is 140 Å². The molecule has 3 aromatic rings. The molecule has 0 unspecified atom stereocenters. The van der Waals surface area contributed by atoms with Crippen molar-refractivity contribution in [2.24, 2.45) is 0 Å². The Kier molecular flexibility index (Phi) is 5.86. The number of rotatable bonds is 3. The van der Waals surface area contributed by atoms with E-state index in [0.29, 0.717) is 0 Å². The van der Waals surface area contributed by atoms with Gasteiger partial charge in [0.2, 0.25) is 0 Å². The van der Waals surface area contributed by atoms with E-state index in [1.54, 1.807) is 0 Å². The summed E-state index contributed by atoms with van der Waals surface area (Å²) in [6.45, 7) is 2.20. The summed E-state index contributed by atoms with van der Waals surface area (Å²) in [5, 5.41) is 4.26. The van der Waals surface area contributed by atoms with Crippen LogP contribution in [-0.2, 0) is 19.5 Å². The molecule has 0 heterocycles. The van der Waals surface area contributed by atoms with Crippen molar-refractivity contribution in [2.75, 3.05) is 0 Å². The predicted molar refractivity (Wildman–Crippen MR) is 89.9 cm³/mol. The maximum Gasteiger partial charge on any atom is 0 e. The van der Waals surface area contributed by atoms with Gasteiger partial charge in [-0.1, -0.05) is 84.9 Å². The van der Waals surface area contributed by atoms with Crippen LogP contribution in [0, 0.1) is 6.92 Å². The summed E-state index contributed by atoms with van der Waals surface area (Å²) in [4.78, 5) is 0.